The Balaban J connectivity index is 1.85. The van der Waals surface area contributed by atoms with E-state index in [2.05, 4.69) is 5.32 Å². The van der Waals surface area contributed by atoms with E-state index in [9.17, 15) is 26.4 Å². The molecule has 1 saturated heterocycles. The average Bonchev–Trinajstić information content (AvgIpc) is 3.25. The van der Waals surface area contributed by atoms with Crippen molar-refractivity contribution in [2.75, 3.05) is 18.4 Å². The highest BCUT2D eigenvalue weighted by Crippen LogP contribution is 2.33. The summed E-state index contributed by atoms with van der Waals surface area (Å²) in [6, 6.07) is 4.51. The molecule has 0 spiro atoms. The normalized spacial score (nSPS) is 15.8. The van der Waals surface area contributed by atoms with Crippen LogP contribution < -0.4 is 5.32 Å². The van der Waals surface area contributed by atoms with E-state index >= 15 is 0 Å². The molecule has 28 heavy (non-hydrogen) atoms. The first-order valence-electron chi connectivity index (χ1n) is 8.60. The van der Waals surface area contributed by atoms with Gasteiger partial charge >= 0.3 is 6.18 Å². The van der Waals surface area contributed by atoms with Gasteiger partial charge in [-0.05, 0) is 44.4 Å². The Bertz CT molecular complexity index is 1010. The highest BCUT2D eigenvalue weighted by molar-refractivity contribution is 7.89. The third-order valence-electron chi connectivity index (χ3n) is 4.58. The van der Waals surface area contributed by atoms with E-state index in [-0.39, 0.29) is 27.7 Å². The molecule has 1 amide bonds. The Morgan fingerprint density at radius 1 is 1.14 bits per heavy atom. The molecule has 0 atom stereocenters. The first-order chi connectivity index (χ1) is 13.0. The quantitative estimate of drug-likeness (QED) is 0.819. The molecule has 0 bridgehead atoms. The SMILES string of the molecule is Cc1ccc(NC(=O)c2cc(S(=O)(=O)N3CCCC3)c(C)o2)cc1C(F)(F)F. The molecule has 0 saturated carbocycles. The average molecular weight is 416 g/mol. The molecule has 2 heterocycles. The lowest BCUT2D eigenvalue weighted by Crippen LogP contribution is -2.28. The molecule has 1 fully saturated rings. The third-order valence-corrected chi connectivity index (χ3v) is 6.59. The van der Waals surface area contributed by atoms with Gasteiger partial charge in [-0.15, -0.1) is 0 Å². The number of nitrogens with zero attached hydrogens (tertiary/aromatic N) is 1. The Morgan fingerprint density at radius 3 is 2.39 bits per heavy atom. The summed E-state index contributed by atoms with van der Waals surface area (Å²) in [6.45, 7) is 3.54. The van der Waals surface area contributed by atoms with Crippen molar-refractivity contribution in [3.8, 4) is 0 Å². The van der Waals surface area contributed by atoms with E-state index in [1.54, 1.807) is 0 Å². The first-order valence-corrected chi connectivity index (χ1v) is 10.0. The number of nitrogens with one attached hydrogen (secondary N) is 1. The number of benzene rings is 1. The van der Waals surface area contributed by atoms with Gasteiger partial charge in [-0.1, -0.05) is 6.07 Å². The number of anilines is 1. The van der Waals surface area contributed by atoms with E-state index < -0.39 is 27.7 Å². The van der Waals surface area contributed by atoms with Crippen LogP contribution in [0.1, 0.15) is 40.3 Å². The molecular weight excluding hydrogens is 397 g/mol. The van der Waals surface area contributed by atoms with Gasteiger partial charge < -0.3 is 9.73 Å². The van der Waals surface area contributed by atoms with Gasteiger partial charge in [0.1, 0.15) is 10.7 Å². The lowest BCUT2D eigenvalue weighted by Gasteiger charge is -2.14. The highest BCUT2D eigenvalue weighted by atomic mass is 32.2. The smallest absolute Gasteiger partial charge is 0.416 e. The van der Waals surface area contributed by atoms with Crippen molar-refractivity contribution in [2.24, 2.45) is 0 Å². The zero-order valence-electron chi connectivity index (χ0n) is 15.3. The fourth-order valence-corrected chi connectivity index (χ4v) is 4.78. The molecule has 0 aliphatic carbocycles. The van der Waals surface area contributed by atoms with Crippen LogP contribution in [-0.4, -0.2) is 31.7 Å². The standard InChI is InChI=1S/C18H19F3N2O4S/c1-11-5-6-13(9-14(11)18(19,20)21)22-17(24)15-10-16(12(2)27-15)28(25,26)23-7-3-4-8-23/h5-6,9-10H,3-4,7-8H2,1-2H3,(H,22,24). The number of alkyl halides is 3. The van der Waals surface area contributed by atoms with Gasteiger partial charge in [0, 0.05) is 24.8 Å². The number of halogens is 3. The summed E-state index contributed by atoms with van der Waals surface area (Å²) >= 11 is 0. The van der Waals surface area contributed by atoms with E-state index in [1.807, 2.05) is 0 Å². The monoisotopic (exact) mass is 416 g/mol. The number of hydrogen-bond acceptors (Lipinski definition) is 4. The Labute approximate surface area is 160 Å². The van der Waals surface area contributed by atoms with Gasteiger partial charge in [0.2, 0.25) is 10.0 Å². The van der Waals surface area contributed by atoms with Crippen LogP contribution in [0.3, 0.4) is 0 Å². The molecule has 1 aromatic heterocycles. The molecule has 1 N–H and O–H groups in total. The van der Waals surface area contributed by atoms with Crippen LogP contribution in [0.5, 0.6) is 0 Å². The minimum Gasteiger partial charge on any atom is -0.455 e. The molecule has 1 aromatic carbocycles. The van der Waals surface area contributed by atoms with E-state index in [0.29, 0.717) is 13.1 Å². The molecule has 0 radical (unpaired) electrons. The second-order valence-electron chi connectivity index (χ2n) is 6.62. The van der Waals surface area contributed by atoms with Crippen LogP contribution in [0.15, 0.2) is 33.6 Å². The van der Waals surface area contributed by atoms with Crippen LogP contribution in [0, 0.1) is 13.8 Å². The Kier molecular flexibility index (Phi) is 5.28. The molecule has 6 nitrogen and oxygen atoms in total. The van der Waals surface area contributed by atoms with Crippen LogP contribution in [0.2, 0.25) is 0 Å². The number of furan rings is 1. The van der Waals surface area contributed by atoms with Crippen LogP contribution in [0.4, 0.5) is 18.9 Å². The number of rotatable bonds is 4. The van der Waals surface area contributed by atoms with Crippen molar-refractivity contribution in [3.63, 3.8) is 0 Å². The molecule has 0 unspecified atom stereocenters. The predicted molar refractivity (Wildman–Crippen MR) is 95.6 cm³/mol. The van der Waals surface area contributed by atoms with E-state index in [0.717, 1.165) is 25.0 Å². The highest BCUT2D eigenvalue weighted by Gasteiger charge is 2.33. The Morgan fingerprint density at radius 2 is 1.79 bits per heavy atom. The summed E-state index contributed by atoms with van der Waals surface area (Å²) in [5.41, 5.74) is -0.905. The molecule has 1 aliphatic heterocycles. The minimum atomic E-state index is -4.55. The largest absolute Gasteiger partial charge is 0.455 e. The zero-order valence-corrected chi connectivity index (χ0v) is 16.1. The fraction of sp³-hybridized carbons (Fsp3) is 0.389. The maximum absolute atomic E-state index is 13.0. The number of hydrogen-bond donors (Lipinski definition) is 1. The molecular formula is C18H19F3N2O4S. The van der Waals surface area contributed by atoms with Gasteiger partial charge in [-0.25, -0.2) is 8.42 Å². The lowest BCUT2D eigenvalue weighted by molar-refractivity contribution is -0.138. The van der Waals surface area contributed by atoms with Gasteiger partial charge in [0.05, 0.1) is 5.56 Å². The molecule has 1 aliphatic rings. The summed E-state index contributed by atoms with van der Waals surface area (Å²) in [7, 11) is -3.78. The second-order valence-corrected chi connectivity index (χ2v) is 8.53. The van der Waals surface area contributed by atoms with Crippen LogP contribution in [-0.2, 0) is 16.2 Å². The summed E-state index contributed by atoms with van der Waals surface area (Å²) in [6.07, 6.45) is -3.03. The third kappa shape index (κ3) is 3.93. The number of aryl methyl sites for hydroxylation is 2. The lowest BCUT2D eigenvalue weighted by atomic mass is 10.1. The summed E-state index contributed by atoms with van der Waals surface area (Å²) in [5.74, 6) is -1.07. The second kappa shape index (κ2) is 7.25. The zero-order chi connectivity index (χ0) is 20.7. The molecule has 3 rings (SSSR count). The van der Waals surface area contributed by atoms with Crippen molar-refractivity contribution in [1.29, 1.82) is 0 Å². The van der Waals surface area contributed by atoms with E-state index in [1.165, 1.54) is 30.3 Å². The van der Waals surface area contributed by atoms with Gasteiger partial charge in [0.15, 0.2) is 5.76 Å². The fourth-order valence-electron chi connectivity index (χ4n) is 3.10. The van der Waals surface area contributed by atoms with Gasteiger partial charge in [-0.3, -0.25) is 4.79 Å². The molecule has 2 aromatic rings. The van der Waals surface area contributed by atoms with Crippen molar-refractivity contribution >= 4 is 21.6 Å². The van der Waals surface area contributed by atoms with Crippen molar-refractivity contribution in [3.05, 3.63) is 46.9 Å². The number of carbonyl (C=O) groups is 1. The Hall–Kier alpha value is -2.33. The summed E-state index contributed by atoms with van der Waals surface area (Å²) in [5, 5.41) is 2.32. The minimum absolute atomic E-state index is 0.0262. The van der Waals surface area contributed by atoms with Crippen LogP contribution in [0.25, 0.3) is 0 Å². The van der Waals surface area contributed by atoms with Crippen LogP contribution >= 0.6 is 0 Å². The first kappa shape index (κ1) is 20.4. The number of amides is 1. The number of carbonyl (C=O) groups excluding carboxylic acids is 1. The summed E-state index contributed by atoms with van der Waals surface area (Å²) in [4.78, 5) is 12.3. The van der Waals surface area contributed by atoms with Gasteiger partial charge in [0.25, 0.3) is 5.91 Å². The summed E-state index contributed by atoms with van der Waals surface area (Å²) < 4.78 is 71.0. The predicted octanol–water partition coefficient (Wildman–Crippen LogP) is 3.95. The van der Waals surface area contributed by atoms with E-state index in [4.69, 9.17) is 4.42 Å². The van der Waals surface area contributed by atoms with Crippen molar-refractivity contribution in [1.82, 2.24) is 4.31 Å². The maximum atomic E-state index is 13.0. The van der Waals surface area contributed by atoms with Crippen molar-refractivity contribution < 1.29 is 30.8 Å². The topological polar surface area (TPSA) is 79.6 Å². The van der Waals surface area contributed by atoms with Crippen molar-refractivity contribution in [2.45, 2.75) is 37.8 Å². The maximum Gasteiger partial charge on any atom is 0.416 e. The molecule has 152 valence electrons. The van der Waals surface area contributed by atoms with Gasteiger partial charge in [-0.2, -0.15) is 17.5 Å². The number of sulfonamides is 1. The molecule has 10 heteroatoms.